The fourth-order valence-electron chi connectivity index (χ4n) is 1.97. The van der Waals surface area contributed by atoms with Gasteiger partial charge in [0.05, 0.1) is 12.2 Å². The summed E-state index contributed by atoms with van der Waals surface area (Å²) in [4.78, 5) is 1.36. The molecule has 3 nitrogen and oxygen atoms in total. The van der Waals surface area contributed by atoms with Crippen LogP contribution in [0.4, 0.5) is 0 Å². The van der Waals surface area contributed by atoms with Crippen molar-refractivity contribution in [1.29, 1.82) is 0 Å². The molecule has 2 aromatic heterocycles. The lowest BCUT2D eigenvalue weighted by atomic mass is 10.0. The second-order valence-corrected chi connectivity index (χ2v) is 5.08. The van der Waals surface area contributed by atoms with Crippen molar-refractivity contribution in [3.8, 4) is 0 Å². The fraction of sp³-hybridized carbons (Fsp3) is 0.417. The molecule has 0 amide bonds. The fourth-order valence-corrected chi connectivity index (χ4v) is 2.71. The summed E-state index contributed by atoms with van der Waals surface area (Å²) < 4.78 is 1.92. The summed E-state index contributed by atoms with van der Waals surface area (Å²) in [5.41, 5.74) is 3.82. The molecule has 0 aliphatic carbocycles. The maximum absolute atomic E-state index is 4.30. The number of aryl methyl sites for hydroxylation is 2. The van der Waals surface area contributed by atoms with Crippen LogP contribution in [0.15, 0.2) is 17.6 Å². The van der Waals surface area contributed by atoms with Crippen molar-refractivity contribution in [2.75, 3.05) is 7.05 Å². The monoisotopic (exact) mass is 235 g/mol. The first-order valence-corrected chi connectivity index (χ1v) is 6.23. The summed E-state index contributed by atoms with van der Waals surface area (Å²) >= 11 is 1.79. The lowest BCUT2D eigenvalue weighted by Crippen LogP contribution is -2.18. The van der Waals surface area contributed by atoms with Crippen molar-refractivity contribution in [2.45, 2.75) is 19.9 Å². The molecule has 2 heterocycles. The molecule has 0 fully saturated rings. The zero-order chi connectivity index (χ0) is 11.7. The van der Waals surface area contributed by atoms with Gasteiger partial charge >= 0.3 is 0 Å². The van der Waals surface area contributed by atoms with Crippen LogP contribution in [0.2, 0.25) is 0 Å². The molecule has 0 spiro atoms. The molecular formula is C12H17N3S. The Labute approximate surface area is 100 Å². The molecule has 86 valence electrons. The molecule has 0 saturated carbocycles. The van der Waals surface area contributed by atoms with Gasteiger partial charge in [-0.25, -0.2) is 0 Å². The van der Waals surface area contributed by atoms with E-state index in [2.05, 4.69) is 35.7 Å². The van der Waals surface area contributed by atoms with Gasteiger partial charge in [0, 0.05) is 23.2 Å². The van der Waals surface area contributed by atoms with E-state index in [-0.39, 0.29) is 6.04 Å². The Kier molecular flexibility index (Phi) is 3.12. The lowest BCUT2D eigenvalue weighted by molar-refractivity contribution is 0.678. The summed E-state index contributed by atoms with van der Waals surface area (Å²) in [6, 6.07) is 2.44. The van der Waals surface area contributed by atoms with E-state index in [4.69, 9.17) is 0 Å². The third-order valence-corrected chi connectivity index (χ3v) is 3.94. The average Bonchev–Trinajstić information content (AvgIpc) is 2.81. The Morgan fingerprint density at radius 1 is 1.38 bits per heavy atom. The Balaban J connectivity index is 2.45. The van der Waals surface area contributed by atoms with E-state index >= 15 is 0 Å². The van der Waals surface area contributed by atoms with E-state index in [9.17, 15) is 0 Å². The van der Waals surface area contributed by atoms with E-state index < -0.39 is 0 Å². The van der Waals surface area contributed by atoms with Crippen LogP contribution in [0.3, 0.4) is 0 Å². The normalized spacial score (nSPS) is 13.0. The molecule has 1 N–H and O–H groups in total. The molecule has 0 aliphatic heterocycles. The van der Waals surface area contributed by atoms with Crippen molar-refractivity contribution in [2.24, 2.45) is 7.05 Å². The standard InChI is InChI=1S/C12H17N3S/c1-8-11(7-14-15(8)4)12(13-3)10-5-6-16-9(10)2/h5-7,12-13H,1-4H3. The van der Waals surface area contributed by atoms with E-state index in [1.54, 1.807) is 11.3 Å². The van der Waals surface area contributed by atoms with E-state index in [1.165, 1.54) is 21.7 Å². The minimum Gasteiger partial charge on any atom is -0.309 e. The Morgan fingerprint density at radius 2 is 2.12 bits per heavy atom. The summed E-state index contributed by atoms with van der Waals surface area (Å²) in [6.45, 7) is 4.27. The Bertz CT molecular complexity index is 484. The topological polar surface area (TPSA) is 29.9 Å². The highest BCUT2D eigenvalue weighted by Crippen LogP contribution is 2.29. The lowest BCUT2D eigenvalue weighted by Gasteiger charge is -2.16. The number of aromatic nitrogens is 2. The minimum atomic E-state index is 0.250. The predicted octanol–water partition coefficient (Wildman–Crippen LogP) is 2.41. The second-order valence-electron chi connectivity index (χ2n) is 3.96. The summed E-state index contributed by atoms with van der Waals surface area (Å²) in [7, 11) is 3.97. The number of thiophene rings is 1. The van der Waals surface area contributed by atoms with E-state index in [1.807, 2.05) is 25.0 Å². The SMILES string of the molecule is CNC(c1ccsc1C)c1cnn(C)c1C. The van der Waals surface area contributed by atoms with Gasteiger partial charge in [0.15, 0.2) is 0 Å². The van der Waals surface area contributed by atoms with Crippen molar-refractivity contribution in [3.05, 3.63) is 39.3 Å². The summed E-state index contributed by atoms with van der Waals surface area (Å²) in [5, 5.41) is 9.81. The molecule has 2 rings (SSSR count). The number of nitrogens with one attached hydrogen (secondary N) is 1. The zero-order valence-electron chi connectivity index (χ0n) is 10.1. The molecule has 1 atom stereocenters. The maximum atomic E-state index is 4.30. The largest absolute Gasteiger partial charge is 0.309 e. The molecule has 16 heavy (non-hydrogen) atoms. The summed E-state index contributed by atoms with van der Waals surface area (Å²) in [6.07, 6.45) is 1.95. The highest BCUT2D eigenvalue weighted by atomic mass is 32.1. The molecule has 0 radical (unpaired) electrons. The predicted molar refractivity (Wildman–Crippen MR) is 67.9 cm³/mol. The molecule has 0 aromatic carbocycles. The van der Waals surface area contributed by atoms with Gasteiger partial charge in [-0.15, -0.1) is 11.3 Å². The third kappa shape index (κ3) is 1.79. The van der Waals surface area contributed by atoms with E-state index in [0.29, 0.717) is 0 Å². The van der Waals surface area contributed by atoms with Gasteiger partial charge in [-0.1, -0.05) is 0 Å². The first kappa shape index (κ1) is 11.4. The number of hydrogen-bond acceptors (Lipinski definition) is 3. The first-order valence-electron chi connectivity index (χ1n) is 5.35. The van der Waals surface area contributed by atoms with Crippen LogP contribution in [0.5, 0.6) is 0 Å². The Hall–Kier alpha value is -1.13. The van der Waals surface area contributed by atoms with Crippen LogP contribution in [0.1, 0.15) is 27.7 Å². The average molecular weight is 235 g/mol. The molecular weight excluding hydrogens is 218 g/mol. The van der Waals surface area contributed by atoms with Crippen molar-refractivity contribution in [1.82, 2.24) is 15.1 Å². The van der Waals surface area contributed by atoms with Crippen LogP contribution in [-0.2, 0) is 7.05 Å². The van der Waals surface area contributed by atoms with Gasteiger partial charge in [-0.2, -0.15) is 5.10 Å². The molecule has 4 heteroatoms. The Morgan fingerprint density at radius 3 is 2.56 bits per heavy atom. The van der Waals surface area contributed by atoms with Crippen molar-refractivity contribution in [3.63, 3.8) is 0 Å². The molecule has 2 aromatic rings. The highest BCUT2D eigenvalue weighted by Gasteiger charge is 2.19. The molecule has 1 unspecified atom stereocenters. The van der Waals surface area contributed by atoms with Gasteiger partial charge in [0.2, 0.25) is 0 Å². The van der Waals surface area contributed by atoms with Crippen molar-refractivity contribution >= 4 is 11.3 Å². The number of rotatable bonds is 3. The van der Waals surface area contributed by atoms with Gasteiger partial charge in [-0.05, 0) is 37.9 Å². The molecule has 0 bridgehead atoms. The van der Waals surface area contributed by atoms with Crippen LogP contribution in [0, 0.1) is 13.8 Å². The third-order valence-electron chi connectivity index (χ3n) is 3.08. The van der Waals surface area contributed by atoms with Gasteiger partial charge in [-0.3, -0.25) is 4.68 Å². The minimum absolute atomic E-state index is 0.250. The van der Waals surface area contributed by atoms with Crippen LogP contribution < -0.4 is 5.32 Å². The maximum Gasteiger partial charge on any atom is 0.0619 e. The number of nitrogens with zero attached hydrogens (tertiary/aromatic N) is 2. The summed E-state index contributed by atoms with van der Waals surface area (Å²) in [5.74, 6) is 0. The van der Waals surface area contributed by atoms with Crippen molar-refractivity contribution < 1.29 is 0 Å². The van der Waals surface area contributed by atoms with E-state index in [0.717, 1.165) is 0 Å². The van der Waals surface area contributed by atoms with Gasteiger partial charge in [0.1, 0.15) is 0 Å². The second kappa shape index (κ2) is 4.39. The highest BCUT2D eigenvalue weighted by molar-refractivity contribution is 7.10. The quantitative estimate of drug-likeness (QED) is 0.885. The van der Waals surface area contributed by atoms with Gasteiger partial charge < -0.3 is 5.32 Å². The van der Waals surface area contributed by atoms with Crippen LogP contribution >= 0.6 is 11.3 Å². The smallest absolute Gasteiger partial charge is 0.0619 e. The van der Waals surface area contributed by atoms with Crippen LogP contribution in [-0.4, -0.2) is 16.8 Å². The van der Waals surface area contributed by atoms with Crippen LogP contribution in [0.25, 0.3) is 0 Å². The molecule has 0 aliphatic rings. The van der Waals surface area contributed by atoms with Gasteiger partial charge in [0.25, 0.3) is 0 Å². The zero-order valence-corrected chi connectivity index (χ0v) is 10.9. The molecule has 0 saturated heterocycles. The number of hydrogen-bond donors (Lipinski definition) is 1. The first-order chi connectivity index (χ1) is 7.65.